The first-order valence-electron chi connectivity index (χ1n) is 5.64. The number of halogens is 2. The SMILES string of the molecule is CC(=O)OC1=C(N)OC(C)(c2c(Cl)cccc2Cl)C1=O. The Balaban J connectivity index is 2.50. The Bertz CT molecular complexity index is 621. The fourth-order valence-corrected chi connectivity index (χ4v) is 2.76. The van der Waals surface area contributed by atoms with E-state index in [0.29, 0.717) is 0 Å². The van der Waals surface area contributed by atoms with Crippen LogP contribution < -0.4 is 5.73 Å². The Labute approximate surface area is 125 Å². The molecule has 1 aliphatic rings. The molecule has 20 heavy (non-hydrogen) atoms. The van der Waals surface area contributed by atoms with Gasteiger partial charge in [0.15, 0.2) is 0 Å². The van der Waals surface area contributed by atoms with E-state index in [1.54, 1.807) is 18.2 Å². The average molecular weight is 316 g/mol. The van der Waals surface area contributed by atoms with E-state index in [9.17, 15) is 9.59 Å². The molecule has 1 aromatic carbocycles. The molecular weight excluding hydrogens is 305 g/mol. The zero-order valence-electron chi connectivity index (χ0n) is 10.7. The topological polar surface area (TPSA) is 78.6 Å². The van der Waals surface area contributed by atoms with Crippen LogP contribution in [0, 0.1) is 0 Å². The second-order valence-electron chi connectivity index (χ2n) is 4.35. The lowest BCUT2D eigenvalue weighted by Crippen LogP contribution is -2.32. The first-order valence-corrected chi connectivity index (χ1v) is 6.39. The molecule has 0 aromatic heterocycles. The van der Waals surface area contributed by atoms with E-state index in [-0.39, 0.29) is 27.3 Å². The molecule has 0 saturated carbocycles. The third-order valence-corrected chi connectivity index (χ3v) is 3.49. The summed E-state index contributed by atoms with van der Waals surface area (Å²) in [6.45, 7) is 2.62. The molecule has 0 radical (unpaired) electrons. The summed E-state index contributed by atoms with van der Waals surface area (Å²) in [5.74, 6) is -1.89. The molecule has 2 N–H and O–H groups in total. The van der Waals surface area contributed by atoms with Gasteiger partial charge < -0.3 is 15.2 Å². The van der Waals surface area contributed by atoms with Gasteiger partial charge in [-0.05, 0) is 19.1 Å². The van der Waals surface area contributed by atoms with Crippen LogP contribution in [0.15, 0.2) is 29.8 Å². The normalized spacial score (nSPS) is 21.9. The molecule has 1 unspecified atom stereocenters. The van der Waals surface area contributed by atoms with Gasteiger partial charge in [0.05, 0.1) is 0 Å². The Morgan fingerprint density at radius 3 is 2.40 bits per heavy atom. The van der Waals surface area contributed by atoms with Crippen molar-refractivity contribution in [2.45, 2.75) is 19.4 Å². The maximum Gasteiger partial charge on any atom is 0.308 e. The van der Waals surface area contributed by atoms with Gasteiger partial charge in [-0.2, -0.15) is 0 Å². The molecule has 1 heterocycles. The molecule has 0 saturated heterocycles. The van der Waals surface area contributed by atoms with Crippen molar-refractivity contribution in [3.8, 4) is 0 Å². The quantitative estimate of drug-likeness (QED) is 0.848. The highest BCUT2D eigenvalue weighted by molar-refractivity contribution is 6.36. The minimum absolute atomic E-state index is 0.255. The summed E-state index contributed by atoms with van der Waals surface area (Å²) in [4.78, 5) is 23.4. The van der Waals surface area contributed by atoms with E-state index < -0.39 is 17.4 Å². The number of nitrogens with two attached hydrogens (primary N) is 1. The number of rotatable bonds is 2. The number of carbonyl (C=O) groups excluding carboxylic acids is 2. The van der Waals surface area contributed by atoms with Crippen LogP contribution in [0.1, 0.15) is 19.4 Å². The predicted molar refractivity (Wildman–Crippen MR) is 72.9 cm³/mol. The summed E-state index contributed by atoms with van der Waals surface area (Å²) in [6, 6.07) is 4.79. The first kappa shape index (κ1) is 14.7. The molecule has 0 amide bonds. The highest BCUT2D eigenvalue weighted by Crippen LogP contribution is 2.43. The molecular formula is C13H11Cl2NO4. The van der Waals surface area contributed by atoms with Crippen LogP contribution in [0.4, 0.5) is 0 Å². The zero-order chi connectivity index (χ0) is 15.1. The molecule has 0 fully saturated rings. The molecule has 1 aliphatic heterocycles. The highest BCUT2D eigenvalue weighted by atomic mass is 35.5. The van der Waals surface area contributed by atoms with Gasteiger partial charge >= 0.3 is 5.97 Å². The van der Waals surface area contributed by atoms with Crippen LogP contribution in [-0.2, 0) is 24.7 Å². The molecule has 106 valence electrons. The number of ketones is 1. The third-order valence-electron chi connectivity index (χ3n) is 2.86. The van der Waals surface area contributed by atoms with E-state index in [0.717, 1.165) is 6.92 Å². The predicted octanol–water partition coefficient (Wildman–Crippen LogP) is 2.50. The Morgan fingerprint density at radius 2 is 1.90 bits per heavy atom. The van der Waals surface area contributed by atoms with Crippen LogP contribution in [0.25, 0.3) is 0 Å². The molecule has 1 aromatic rings. The fourth-order valence-electron chi connectivity index (χ4n) is 2.00. The minimum Gasteiger partial charge on any atom is -0.457 e. The Morgan fingerprint density at radius 1 is 1.35 bits per heavy atom. The molecule has 0 spiro atoms. The lowest BCUT2D eigenvalue weighted by atomic mass is 9.91. The van der Waals surface area contributed by atoms with Gasteiger partial charge in [0, 0.05) is 22.5 Å². The van der Waals surface area contributed by atoms with Crippen molar-refractivity contribution in [3.63, 3.8) is 0 Å². The van der Waals surface area contributed by atoms with Crippen LogP contribution >= 0.6 is 23.2 Å². The molecule has 1 atom stereocenters. The lowest BCUT2D eigenvalue weighted by molar-refractivity contribution is -0.142. The standard InChI is InChI=1S/C13H11Cl2NO4/c1-6(17)19-10-11(18)13(2,20-12(10)16)9-7(14)4-3-5-8(9)15/h3-5H,16H2,1-2H3. The third kappa shape index (κ3) is 2.23. The number of carbonyl (C=O) groups is 2. The average Bonchev–Trinajstić information content (AvgIpc) is 2.53. The molecule has 2 rings (SSSR count). The molecule has 5 nitrogen and oxygen atoms in total. The van der Waals surface area contributed by atoms with Gasteiger partial charge in [0.25, 0.3) is 5.78 Å². The number of hydrogen-bond donors (Lipinski definition) is 1. The van der Waals surface area contributed by atoms with Crippen molar-refractivity contribution in [3.05, 3.63) is 45.5 Å². The number of ether oxygens (including phenoxy) is 2. The molecule has 7 heteroatoms. The summed E-state index contributed by atoms with van der Waals surface area (Å²) in [6.07, 6.45) is 0. The maximum absolute atomic E-state index is 12.4. The van der Waals surface area contributed by atoms with Gasteiger partial charge in [-0.25, -0.2) is 0 Å². The van der Waals surface area contributed by atoms with Gasteiger partial charge in [0.2, 0.25) is 17.2 Å². The zero-order valence-corrected chi connectivity index (χ0v) is 12.2. The van der Waals surface area contributed by atoms with Crippen LogP contribution in [-0.4, -0.2) is 11.8 Å². The monoisotopic (exact) mass is 315 g/mol. The Hall–Kier alpha value is -1.72. The summed E-state index contributed by atoms with van der Waals surface area (Å²) in [7, 11) is 0. The van der Waals surface area contributed by atoms with Crippen molar-refractivity contribution in [2.24, 2.45) is 5.73 Å². The van der Waals surface area contributed by atoms with Gasteiger partial charge in [-0.3, -0.25) is 9.59 Å². The maximum atomic E-state index is 12.4. The number of esters is 1. The van der Waals surface area contributed by atoms with Gasteiger partial charge in [-0.1, -0.05) is 29.3 Å². The van der Waals surface area contributed by atoms with Gasteiger partial charge in [0.1, 0.15) is 0 Å². The lowest BCUT2D eigenvalue weighted by Gasteiger charge is -2.25. The van der Waals surface area contributed by atoms with E-state index in [2.05, 4.69) is 0 Å². The van der Waals surface area contributed by atoms with Crippen molar-refractivity contribution >= 4 is 35.0 Å². The summed E-state index contributed by atoms with van der Waals surface area (Å²) >= 11 is 12.2. The van der Waals surface area contributed by atoms with E-state index in [1.807, 2.05) is 0 Å². The molecule has 0 aliphatic carbocycles. The van der Waals surface area contributed by atoms with Crippen molar-refractivity contribution in [2.75, 3.05) is 0 Å². The Kier molecular flexibility index (Phi) is 3.67. The second kappa shape index (κ2) is 5.00. The van der Waals surface area contributed by atoms with E-state index in [4.69, 9.17) is 38.4 Å². The first-order chi connectivity index (χ1) is 9.27. The van der Waals surface area contributed by atoms with Crippen molar-refractivity contribution < 1.29 is 19.1 Å². The second-order valence-corrected chi connectivity index (χ2v) is 5.16. The van der Waals surface area contributed by atoms with E-state index in [1.165, 1.54) is 6.92 Å². The van der Waals surface area contributed by atoms with Crippen molar-refractivity contribution in [1.82, 2.24) is 0 Å². The fraction of sp³-hybridized carbons (Fsp3) is 0.231. The largest absolute Gasteiger partial charge is 0.457 e. The van der Waals surface area contributed by atoms with E-state index >= 15 is 0 Å². The smallest absolute Gasteiger partial charge is 0.308 e. The number of hydrogen-bond acceptors (Lipinski definition) is 5. The number of benzene rings is 1. The summed E-state index contributed by atoms with van der Waals surface area (Å²) < 4.78 is 10.2. The van der Waals surface area contributed by atoms with Crippen LogP contribution in [0.3, 0.4) is 0 Å². The summed E-state index contributed by atoms with van der Waals surface area (Å²) in [5, 5.41) is 0.510. The highest BCUT2D eigenvalue weighted by Gasteiger charge is 2.50. The van der Waals surface area contributed by atoms with Crippen LogP contribution in [0.2, 0.25) is 10.0 Å². The number of Topliss-reactive ketones (excluding diaryl/α,β-unsaturated/α-hetero) is 1. The molecule has 0 bridgehead atoms. The summed E-state index contributed by atoms with van der Waals surface area (Å²) in [5.41, 5.74) is 4.36. The van der Waals surface area contributed by atoms with Crippen LogP contribution in [0.5, 0.6) is 0 Å². The minimum atomic E-state index is -1.52. The van der Waals surface area contributed by atoms with Crippen molar-refractivity contribution in [1.29, 1.82) is 0 Å². The van der Waals surface area contributed by atoms with Gasteiger partial charge in [-0.15, -0.1) is 0 Å².